The van der Waals surface area contributed by atoms with Crippen LogP contribution in [-0.2, 0) is 4.74 Å². The van der Waals surface area contributed by atoms with Crippen LogP contribution in [0.4, 0.5) is 5.82 Å². The van der Waals surface area contributed by atoms with Gasteiger partial charge in [0.05, 0.1) is 28.6 Å². The van der Waals surface area contributed by atoms with E-state index in [9.17, 15) is 4.79 Å². The molecule has 5 rings (SSSR count). The number of ether oxygens (including phenoxy) is 1. The highest BCUT2D eigenvalue weighted by atomic mass is 35.5. The van der Waals surface area contributed by atoms with E-state index < -0.39 is 0 Å². The lowest BCUT2D eigenvalue weighted by Crippen LogP contribution is -2.41. The maximum Gasteiger partial charge on any atom is 0.254 e. The molecule has 4 atom stereocenters. The average Bonchev–Trinajstić information content (AvgIpc) is 3.40. The van der Waals surface area contributed by atoms with E-state index in [0.29, 0.717) is 29.0 Å². The molecule has 5 heterocycles. The van der Waals surface area contributed by atoms with Crippen LogP contribution in [0.2, 0.25) is 5.02 Å². The second kappa shape index (κ2) is 5.99. The first-order chi connectivity index (χ1) is 12.7. The molecule has 136 valence electrons. The van der Waals surface area contributed by atoms with Crippen LogP contribution in [0, 0.1) is 11.8 Å². The molecule has 3 aliphatic heterocycles. The summed E-state index contributed by atoms with van der Waals surface area (Å²) in [6, 6.07) is 5.39. The van der Waals surface area contributed by atoms with Gasteiger partial charge in [-0.25, -0.2) is 4.98 Å². The van der Waals surface area contributed by atoms with Crippen LogP contribution < -0.4 is 10.2 Å². The molecule has 1 amide bonds. The highest BCUT2D eigenvalue weighted by Crippen LogP contribution is 2.55. The Balaban J connectivity index is 1.32. The zero-order chi connectivity index (χ0) is 17.7. The number of fused-ring (bicyclic) bond motifs is 1. The van der Waals surface area contributed by atoms with Crippen LogP contribution in [0.25, 0.3) is 0 Å². The molecular weight excluding hydrogens is 354 g/mol. The minimum atomic E-state index is -0.128. The standard InChI is InChI=1S/C19H20ClN3O3/c20-15-2-1-6-21-17(15)23-9-14-13(16-3-5-19(14,11-23)26-16)8-22-18(24)12-4-7-25-10-12/h1-2,4,6-7,10,13-14,16H,3,5,8-9,11H2,(H,22,24)/t13-,14+,16+,19+/m0/s1. The quantitative estimate of drug-likeness (QED) is 0.892. The van der Waals surface area contributed by atoms with Crippen LogP contribution in [0.1, 0.15) is 23.2 Å². The normalized spacial score (nSPS) is 32.0. The summed E-state index contributed by atoms with van der Waals surface area (Å²) in [5, 5.41) is 3.72. The molecule has 2 aromatic rings. The van der Waals surface area contributed by atoms with Gasteiger partial charge in [0.2, 0.25) is 0 Å². The summed E-state index contributed by atoms with van der Waals surface area (Å²) in [5.41, 5.74) is 0.424. The third-order valence-electron chi connectivity index (χ3n) is 6.10. The van der Waals surface area contributed by atoms with Crippen LogP contribution in [0.5, 0.6) is 0 Å². The third-order valence-corrected chi connectivity index (χ3v) is 6.40. The molecule has 3 aliphatic rings. The van der Waals surface area contributed by atoms with E-state index in [1.165, 1.54) is 12.5 Å². The largest absolute Gasteiger partial charge is 0.472 e. The fourth-order valence-electron chi connectivity index (χ4n) is 4.94. The Morgan fingerprint density at radius 3 is 3.19 bits per heavy atom. The van der Waals surface area contributed by atoms with Crippen molar-refractivity contribution in [1.82, 2.24) is 10.3 Å². The van der Waals surface area contributed by atoms with E-state index in [2.05, 4.69) is 15.2 Å². The first kappa shape index (κ1) is 16.1. The number of rotatable bonds is 4. The molecule has 3 saturated heterocycles. The van der Waals surface area contributed by atoms with Gasteiger partial charge < -0.3 is 19.4 Å². The highest BCUT2D eigenvalue weighted by molar-refractivity contribution is 6.32. The van der Waals surface area contributed by atoms with Gasteiger partial charge in [-0.05, 0) is 31.0 Å². The zero-order valence-corrected chi connectivity index (χ0v) is 15.0. The van der Waals surface area contributed by atoms with E-state index in [-0.39, 0.29) is 17.6 Å². The number of furan rings is 1. The lowest BCUT2D eigenvalue weighted by molar-refractivity contribution is 0.0141. The fourth-order valence-corrected chi connectivity index (χ4v) is 5.18. The van der Waals surface area contributed by atoms with E-state index in [1.54, 1.807) is 12.3 Å². The lowest BCUT2D eigenvalue weighted by Gasteiger charge is -2.29. The number of anilines is 1. The second-order valence-electron chi connectivity index (χ2n) is 7.44. The number of nitrogens with one attached hydrogen (secondary N) is 1. The molecule has 6 nitrogen and oxygen atoms in total. The average molecular weight is 374 g/mol. The number of halogens is 1. The number of amides is 1. The van der Waals surface area contributed by atoms with Crippen LogP contribution in [0.15, 0.2) is 41.3 Å². The maximum absolute atomic E-state index is 12.2. The van der Waals surface area contributed by atoms with Crippen molar-refractivity contribution < 1.29 is 13.9 Å². The molecule has 26 heavy (non-hydrogen) atoms. The predicted octanol–water partition coefficient (Wildman–Crippen LogP) is 2.74. The Bertz CT molecular complexity index is 827. The van der Waals surface area contributed by atoms with Crippen molar-refractivity contribution in [2.45, 2.75) is 24.5 Å². The minimum absolute atomic E-state index is 0.0989. The summed E-state index contributed by atoms with van der Waals surface area (Å²) in [6.07, 6.45) is 7.09. The van der Waals surface area contributed by atoms with Gasteiger partial charge >= 0.3 is 0 Å². The predicted molar refractivity (Wildman–Crippen MR) is 96.3 cm³/mol. The van der Waals surface area contributed by atoms with Gasteiger partial charge in [0.15, 0.2) is 0 Å². The fraction of sp³-hybridized carbons (Fsp3) is 0.474. The molecule has 0 unspecified atom stereocenters. The van der Waals surface area contributed by atoms with Gasteiger partial charge in [-0.15, -0.1) is 0 Å². The van der Waals surface area contributed by atoms with Crippen molar-refractivity contribution in [2.75, 3.05) is 24.5 Å². The summed E-state index contributed by atoms with van der Waals surface area (Å²) in [4.78, 5) is 18.9. The summed E-state index contributed by atoms with van der Waals surface area (Å²) >= 11 is 6.35. The topological polar surface area (TPSA) is 67.6 Å². The number of carbonyl (C=O) groups excluding carboxylic acids is 1. The number of nitrogens with zero attached hydrogens (tertiary/aromatic N) is 2. The molecule has 3 fully saturated rings. The molecule has 0 saturated carbocycles. The van der Waals surface area contributed by atoms with Crippen LogP contribution in [0.3, 0.4) is 0 Å². The van der Waals surface area contributed by atoms with Gasteiger partial charge in [0.1, 0.15) is 12.1 Å². The molecule has 0 aromatic carbocycles. The van der Waals surface area contributed by atoms with Crippen molar-refractivity contribution in [3.05, 3.63) is 47.5 Å². The molecule has 0 aliphatic carbocycles. The highest BCUT2D eigenvalue weighted by Gasteiger charge is 2.63. The Hall–Kier alpha value is -2.05. The number of pyridine rings is 1. The van der Waals surface area contributed by atoms with Gasteiger partial charge in [-0.1, -0.05) is 11.6 Å². The van der Waals surface area contributed by atoms with Crippen molar-refractivity contribution in [1.29, 1.82) is 0 Å². The summed E-state index contributed by atoms with van der Waals surface area (Å²) < 4.78 is 11.4. The number of carbonyl (C=O) groups is 1. The Labute approximate surface area is 156 Å². The van der Waals surface area contributed by atoms with E-state index in [0.717, 1.165) is 31.7 Å². The molecule has 0 radical (unpaired) electrons. The Kier molecular flexibility index (Phi) is 3.72. The van der Waals surface area contributed by atoms with Crippen molar-refractivity contribution in [3.63, 3.8) is 0 Å². The summed E-state index contributed by atoms with van der Waals surface area (Å²) in [6.45, 7) is 2.29. The second-order valence-corrected chi connectivity index (χ2v) is 7.85. The Morgan fingerprint density at radius 1 is 1.46 bits per heavy atom. The minimum Gasteiger partial charge on any atom is -0.472 e. The molecular formula is C19H20ClN3O3. The van der Waals surface area contributed by atoms with Crippen LogP contribution >= 0.6 is 11.6 Å². The summed E-state index contributed by atoms with van der Waals surface area (Å²) in [5.74, 6) is 1.42. The summed E-state index contributed by atoms with van der Waals surface area (Å²) in [7, 11) is 0. The number of hydrogen-bond acceptors (Lipinski definition) is 5. The monoisotopic (exact) mass is 373 g/mol. The van der Waals surface area contributed by atoms with Crippen LogP contribution in [-0.4, -0.2) is 42.2 Å². The molecule has 2 aromatic heterocycles. The van der Waals surface area contributed by atoms with Gasteiger partial charge in [0, 0.05) is 37.7 Å². The number of hydrogen-bond donors (Lipinski definition) is 1. The van der Waals surface area contributed by atoms with Crippen molar-refractivity contribution in [3.8, 4) is 0 Å². The van der Waals surface area contributed by atoms with Gasteiger partial charge in [0.25, 0.3) is 5.91 Å². The van der Waals surface area contributed by atoms with Crippen molar-refractivity contribution >= 4 is 23.3 Å². The van der Waals surface area contributed by atoms with Crippen molar-refractivity contribution in [2.24, 2.45) is 11.8 Å². The Morgan fingerprint density at radius 2 is 2.38 bits per heavy atom. The number of aromatic nitrogens is 1. The molecule has 1 N–H and O–H groups in total. The third kappa shape index (κ3) is 2.43. The smallest absolute Gasteiger partial charge is 0.254 e. The molecule has 7 heteroatoms. The van der Waals surface area contributed by atoms with Gasteiger partial charge in [-0.2, -0.15) is 0 Å². The maximum atomic E-state index is 12.2. The lowest BCUT2D eigenvalue weighted by atomic mass is 9.73. The van der Waals surface area contributed by atoms with E-state index >= 15 is 0 Å². The first-order valence-corrected chi connectivity index (χ1v) is 9.38. The SMILES string of the molecule is O=C(NC[C@H]1[C@H]2CN(c3ncccc3Cl)C[C@]23CC[C@H]1O3)c1ccoc1. The molecule has 2 bridgehead atoms. The molecule has 1 spiro atoms. The van der Waals surface area contributed by atoms with E-state index in [4.69, 9.17) is 20.8 Å². The zero-order valence-electron chi connectivity index (χ0n) is 14.2. The first-order valence-electron chi connectivity index (χ1n) is 9.00. The van der Waals surface area contributed by atoms with Gasteiger partial charge in [-0.3, -0.25) is 4.79 Å². The van der Waals surface area contributed by atoms with E-state index in [1.807, 2.05) is 12.1 Å².